The molecule has 2 saturated heterocycles. The van der Waals surface area contributed by atoms with E-state index in [4.69, 9.17) is 47.4 Å². The first-order valence-electron chi connectivity index (χ1n) is 16.8. The first-order chi connectivity index (χ1) is 26.1. The molecule has 0 bridgehead atoms. The molecule has 1 aromatic heterocycles. The van der Waals surface area contributed by atoms with Gasteiger partial charge in [0.2, 0.25) is 6.29 Å². The van der Waals surface area contributed by atoms with Crippen LogP contribution in [0.15, 0.2) is 52.2 Å². The van der Waals surface area contributed by atoms with Gasteiger partial charge in [0.1, 0.15) is 31.6 Å². The number of ether oxygens (including phenoxy) is 10. The Morgan fingerprint density at radius 1 is 0.782 bits per heavy atom. The zero-order valence-electron chi connectivity index (χ0n) is 30.7. The third-order valence-electron chi connectivity index (χ3n) is 8.16. The molecule has 0 amide bonds. The highest BCUT2D eigenvalue weighted by atomic mass is 16.7. The zero-order chi connectivity index (χ0) is 40.4. The van der Waals surface area contributed by atoms with Crippen molar-refractivity contribution < 1.29 is 71.3 Å². The van der Waals surface area contributed by atoms with Crippen LogP contribution in [0.3, 0.4) is 0 Å². The van der Waals surface area contributed by atoms with E-state index in [9.17, 15) is 38.8 Å². The Bertz CT molecular complexity index is 1860. The molecule has 0 N–H and O–H groups in total. The summed E-state index contributed by atoms with van der Waals surface area (Å²) in [5.74, 6) is -4.24. The van der Waals surface area contributed by atoms with Gasteiger partial charge < -0.3 is 47.4 Å². The minimum atomic E-state index is -1.80. The highest BCUT2D eigenvalue weighted by Crippen LogP contribution is 2.37. The molecule has 20 nitrogen and oxygen atoms in total. The number of rotatable bonds is 15. The first-order valence-corrected chi connectivity index (χ1v) is 16.8. The highest BCUT2D eigenvalue weighted by molar-refractivity contribution is 5.69. The van der Waals surface area contributed by atoms with Crippen molar-refractivity contribution in [3.05, 3.63) is 69.0 Å². The van der Waals surface area contributed by atoms with E-state index in [2.05, 4.69) is 0 Å². The highest BCUT2D eigenvalue weighted by Gasteiger charge is 2.57. The summed E-state index contributed by atoms with van der Waals surface area (Å²) in [6.45, 7) is 4.35. The summed E-state index contributed by atoms with van der Waals surface area (Å²) in [7, 11) is 1.21. The molecule has 3 heterocycles. The summed E-state index contributed by atoms with van der Waals surface area (Å²) in [6.07, 6.45) is -14.4. The van der Waals surface area contributed by atoms with Gasteiger partial charge in [-0.25, -0.2) is 9.36 Å². The van der Waals surface area contributed by atoms with Gasteiger partial charge in [0.25, 0.3) is 5.56 Å². The van der Waals surface area contributed by atoms with E-state index >= 15 is 0 Å². The monoisotopic (exact) mass is 775 g/mol. The number of hydrogen-bond donors (Lipinski definition) is 0. The number of carbonyl (C=O) groups excluding carboxylic acids is 5. The summed E-state index contributed by atoms with van der Waals surface area (Å²) in [6, 6.07) is 11.9. The summed E-state index contributed by atoms with van der Waals surface area (Å²) in [5.41, 5.74) is -0.851. The maximum Gasteiger partial charge on any atom is 0.335 e. The van der Waals surface area contributed by atoms with Crippen molar-refractivity contribution in [2.45, 2.75) is 109 Å². The average Bonchev–Trinajstić information content (AvgIpc) is 3.46. The van der Waals surface area contributed by atoms with Crippen LogP contribution < -0.4 is 11.2 Å². The van der Waals surface area contributed by atoms with E-state index in [0.29, 0.717) is 0 Å². The molecule has 2 fully saturated rings. The molecule has 55 heavy (non-hydrogen) atoms. The molecule has 2 aliphatic heterocycles. The van der Waals surface area contributed by atoms with E-state index in [0.717, 1.165) is 61.6 Å². The second kappa shape index (κ2) is 19.2. The fourth-order valence-corrected chi connectivity index (χ4v) is 6.01. The second-order valence-electron chi connectivity index (χ2n) is 12.3. The van der Waals surface area contributed by atoms with E-state index in [1.807, 2.05) is 12.1 Å². The molecule has 298 valence electrons. The molecule has 1 aromatic carbocycles. The van der Waals surface area contributed by atoms with Crippen molar-refractivity contribution in [3.8, 4) is 6.07 Å². The maximum atomic E-state index is 13.7. The van der Waals surface area contributed by atoms with Crippen molar-refractivity contribution >= 4 is 29.8 Å². The van der Waals surface area contributed by atoms with Gasteiger partial charge in [0, 0.05) is 54.0 Å². The van der Waals surface area contributed by atoms with Crippen LogP contribution in [0.2, 0.25) is 0 Å². The Morgan fingerprint density at radius 2 is 1.38 bits per heavy atom. The van der Waals surface area contributed by atoms with E-state index in [1.54, 1.807) is 24.3 Å². The summed E-state index contributed by atoms with van der Waals surface area (Å²) < 4.78 is 58.0. The standard InChI is InChI=1S/C35H41N3O17/c1-18(39)48-16-25-28(49-19(2)40)30(50-20(3)41)32(52-22(5)43)34(54-25)53-24(14-36)27-29(46-6)31(51-21(4)42)33(55-27)37-13-12-26(44)38(35(37)45)17-47-15-23-10-8-7-9-11-23/h7-13,24-25,27-34H,15-17H2,1-6H3/t24-,25+,27+,28+,29+,30-,31+,32-,33+,34-/m0/s1. The Morgan fingerprint density at radius 3 is 1.96 bits per heavy atom. The summed E-state index contributed by atoms with van der Waals surface area (Å²) in [4.78, 5) is 87.3. The van der Waals surface area contributed by atoms with Gasteiger partial charge in [0.05, 0.1) is 12.7 Å². The number of nitrogens with zero attached hydrogens (tertiary/aromatic N) is 3. The maximum absolute atomic E-state index is 13.7. The van der Waals surface area contributed by atoms with Gasteiger partial charge >= 0.3 is 35.5 Å². The van der Waals surface area contributed by atoms with Crippen molar-refractivity contribution in [1.82, 2.24) is 9.13 Å². The van der Waals surface area contributed by atoms with E-state index < -0.39 is 116 Å². The Kier molecular flexibility index (Phi) is 14.8. The topological polar surface area (TPSA) is 245 Å². The van der Waals surface area contributed by atoms with Crippen molar-refractivity contribution in [1.29, 1.82) is 5.26 Å². The van der Waals surface area contributed by atoms with E-state index in [-0.39, 0.29) is 6.61 Å². The molecular formula is C35H41N3O17. The molecule has 10 atom stereocenters. The van der Waals surface area contributed by atoms with Crippen LogP contribution in [0, 0.1) is 11.3 Å². The minimum absolute atomic E-state index is 0.0753. The molecule has 0 radical (unpaired) electrons. The largest absolute Gasteiger partial charge is 0.463 e. The summed E-state index contributed by atoms with van der Waals surface area (Å²) >= 11 is 0. The SMILES string of the molecule is CO[C@H]1[C@@H](OC(C)=O)[C@H](n2ccc(=O)n(COCc3ccccc3)c2=O)O[C@@H]1[C@H](C#N)O[C@H]1O[C@H](COC(C)=O)[C@@H](OC(C)=O)[C@H](OC(C)=O)[C@@H]1OC(C)=O. The van der Waals surface area contributed by atoms with Crippen molar-refractivity contribution in [3.63, 3.8) is 0 Å². The lowest BCUT2D eigenvalue weighted by Crippen LogP contribution is -2.63. The van der Waals surface area contributed by atoms with Crippen molar-refractivity contribution in [2.24, 2.45) is 0 Å². The Hall–Kier alpha value is -5.46. The van der Waals surface area contributed by atoms with Crippen LogP contribution in [0.1, 0.15) is 46.4 Å². The van der Waals surface area contributed by atoms with Gasteiger partial charge in [-0.1, -0.05) is 30.3 Å². The molecule has 0 aliphatic carbocycles. The number of benzene rings is 1. The van der Waals surface area contributed by atoms with Gasteiger partial charge in [-0.05, 0) is 5.56 Å². The lowest BCUT2D eigenvalue weighted by Gasteiger charge is -2.44. The first kappa shape index (κ1) is 42.3. The molecule has 20 heteroatoms. The zero-order valence-corrected chi connectivity index (χ0v) is 30.7. The van der Waals surface area contributed by atoms with Crippen LogP contribution in [0.25, 0.3) is 0 Å². The van der Waals surface area contributed by atoms with Crippen LogP contribution in [-0.4, -0.2) is 108 Å². The lowest BCUT2D eigenvalue weighted by atomic mass is 9.97. The van der Waals surface area contributed by atoms with Crippen molar-refractivity contribution in [2.75, 3.05) is 13.7 Å². The number of carbonyl (C=O) groups is 5. The summed E-state index contributed by atoms with van der Waals surface area (Å²) in [5, 5.41) is 10.4. The fourth-order valence-electron chi connectivity index (χ4n) is 6.01. The molecule has 2 aliphatic rings. The smallest absolute Gasteiger partial charge is 0.335 e. The molecule has 2 aromatic rings. The Labute approximate surface area is 313 Å². The predicted octanol–water partition coefficient (Wildman–Crippen LogP) is 0.0203. The third kappa shape index (κ3) is 10.8. The van der Waals surface area contributed by atoms with Gasteiger partial charge in [-0.3, -0.25) is 33.3 Å². The molecule has 0 spiro atoms. The molecule has 0 unspecified atom stereocenters. The Balaban J connectivity index is 1.70. The quantitative estimate of drug-likeness (QED) is 0.171. The number of aromatic nitrogens is 2. The van der Waals surface area contributed by atoms with Crippen LogP contribution in [-0.2, 0) is 84.7 Å². The van der Waals surface area contributed by atoms with Crippen LogP contribution in [0.5, 0.6) is 0 Å². The molecule has 0 saturated carbocycles. The number of nitriles is 1. The predicted molar refractivity (Wildman–Crippen MR) is 179 cm³/mol. The van der Waals surface area contributed by atoms with Crippen LogP contribution in [0.4, 0.5) is 0 Å². The molecule has 4 rings (SSSR count). The lowest BCUT2D eigenvalue weighted by molar-refractivity contribution is -0.319. The number of methoxy groups -OCH3 is 1. The van der Waals surface area contributed by atoms with Crippen LogP contribution >= 0.6 is 0 Å². The number of esters is 5. The van der Waals surface area contributed by atoms with Gasteiger partial charge in [0.15, 0.2) is 36.7 Å². The second-order valence-corrected chi connectivity index (χ2v) is 12.3. The normalized spacial score (nSPS) is 26.5. The minimum Gasteiger partial charge on any atom is -0.463 e. The fraction of sp³-hybridized carbons (Fsp3) is 0.543. The third-order valence-corrected chi connectivity index (χ3v) is 8.16. The number of hydrogen-bond acceptors (Lipinski definition) is 18. The van der Waals surface area contributed by atoms with Gasteiger partial charge in [-0.15, -0.1) is 0 Å². The van der Waals surface area contributed by atoms with Gasteiger partial charge in [-0.2, -0.15) is 5.26 Å². The molecular weight excluding hydrogens is 734 g/mol. The van der Waals surface area contributed by atoms with E-state index in [1.165, 1.54) is 7.11 Å². The average molecular weight is 776 g/mol.